The quantitative estimate of drug-likeness (QED) is 0.789. The highest BCUT2D eigenvalue weighted by Crippen LogP contribution is 2.20. The first-order chi connectivity index (χ1) is 7.20. The van der Waals surface area contributed by atoms with Crippen molar-refractivity contribution in [2.75, 3.05) is 0 Å². The topological polar surface area (TPSA) is 41.8 Å². The Kier molecular flexibility index (Phi) is 2.78. The molecule has 0 aliphatic carbocycles. The standard InChI is InChI=1S/C13H18N2/c1-3-10-4-5-12-11(6-9(2)14)8-15-13(12)7-10/h4-5,7-9,15H,3,6,14H2,1-2H3. The van der Waals surface area contributed by atoms with Crippen molar-refractivity contribution >= 4 is 10.9 Å². The van der Waals surface area contributed by atoms with Gasteiger partial charge in [0.2, 0.25) is 0 Å². The van der Waals surface area contributed by atoms with Crippen LogP contribution in [0.5, 0.6) is 0 Å². The molecule has 15 heavy (non-hydrogen) atoms. The van der Waals surface area contributed by atoms with Crippen molar-refractivity contribution in [2.24, 2.45) is 5.73 Å². The zero-order chi connectivity index (χ0) is 10.8. The molecule has 2 rings (SSSR count). The molecular formula is C13H18N2. The lowest BCUT2D eigenvalue weighted by molar-refractivity contribution is 0.741. The van der Waals surface area contributed by atoms with Gasteiger partial charge in [0.1, 0.15) is 0 Å². The Morgan fingerprint density at radius 1 is 1.40 bits per heavy atom. The molecule has 1 atom stereocenters. The summed E-state index contributed by atoms with van der Waals surface area (Å²) in [4.78, 5) is 3.31. The molecule has 2 heteroatoms. The molecule has 1 unspecified atom stereocenters. The summed E-state index contributed by atoms with van der Waals surface area (Å²) in [5.74, 6) is 0. The zero-order valence-electron chi connectivity index (χ0n) is 9.38. The van der Waals surface area contributed by atoms with Crippen molar-refractivity contribution in [1.82, 2.24) is 4.98 Å². The minimum atomic E-state index is 0.217. The molecule has 3 N–H and O–H groups in total. The van der Waals surface area contributed by atoms with Gasteiger partial charge in [-0.25, -0.2) is 0 Å². The molecule has 2 nitrogen and oxygen atoms in total. The molecule has 0 saturated carbocycles. The zero-order valence-corrected chi connectivity index (χ0v) is 9.38. The molecule has 2 aromatic rings. The monoisotopic (exact) mass is 202 g/mol. The summed E-state index contributed by atoms with van der Waals surface area (Å²) in [6.07, 6.45) is 4.09. The van der Waals surface area contributed by atoms with E-state index in [9.17, 15) is 0 Å². The van der Waals surface area contributed by atoms with Crippen LogP contribution in [0, 0.1) is 0 Å². The molecule has 0 aliphatic rings. The summed E-state index contributed by atoms with van der Waals surface area (Å²) >= 11 is 0. The van der Waals surface area contributed by atoms with Gasteiger partial charge in [-0.1, -0.05) is 19.1 Å². The highest BCUT2D eigenvalue weighted by Gasteiger charge is 2.05. The molecule has 0 radical (unpaired) electrons. The van der Waals surface area contributed by atoms with E-state index in [2.05, 4.69) is 36.3 Å². The van der Waals surface area contributed by atoms with Gasteiger partial charge in [-0.05, 0) is 37.0 Å². The van der Waals surface area contributed by atoms with Gasteiger partial charge >= 0.3 is 0 Å². The second-order valence-corrected chi connectivity index (χ2v) is 4.23. The molecule has 0 amide bonds. The van der Waals surface area contributed by atoms with Gasteiger partial charge in [0, 0.05) is 23.1 Å². The molecular weight excluding hydrogens is 184 g/mol. The van der Waals surface area contributed by atoms with Crippen LogP contribution in [0.25, 0.3) is 10.9 Å². The van der Waals surface area contributed by atoms with Gasteiger partial charge in [-0.15, -0.1) is 0 Å². The number of aromatic nitrogens is 1. The highest BCUT2D eigenvalue weighted by atomic mass is 14.7. The number of rotatable bonds is 3. The molecule has 0 fully saturated rings. The van der Waals surface area contributed by atoms with Crippen LogP contribution >= 0.6 is 0 Å². The van der Waals surface area contributed by atoms with Crippen molar-refractivity contribution in [1.29, 1.82) is 0 Å². The van der Waals surface area contributed by atoms with E-state index in [1.54, 1.807) is 0 Å². The Bertz CT molecular complexity index is 455. The summed E-state index contributed by atoms with van der Waals surface area (Å²) in [7, 11) is 0. The number of nitrogens with two attached hydrogens (primary N) is 1. The second kappa shape index (κ2) is 4.07. The Morgan fingerprint density at radius 3 is 2.87 bits per heavy atom. The number of hydrogen-bond acceptors (Lipinski definition) is 1. The normalized spacial score (nSPS) is 13.3. The molecule has 0 spiro atoms. The maximum atomic E-state index is 5.82. The second-order valence-electron chi connectivity index (χ2n) is 4.23. The lowest BCUT2D eigenvalue weighted by Gasteiger charge is -2.03. The van der Waals surface area contributed by atoms with Crippen molar-refractivity contribution in [2.45, 2.75) is 32.7 Å². The van der Waals surface area contributed by atoms with Crippen LogP contribution in [-0.4, -0.2) is 11.0 Å². The van der Waals surface area contributed by atoms with Crippen LogP contribution in [0.3, 0.4) is 0 Å². The van der Waals surface area contributed by atoms with E-state index in [1.165, 1.54) is 22.0 Å². The van der Waals surface area contributed by atoms with Crippen LogP contribution in [0.4, 0.5) is 0 Å². The third-order valence-corrected chi connectivity index (χ3v) is 2.78. The van der Waals surface area contributed by atoms with Gasteiger partial charge < -0.3 is 10.7 Å². The van der Waals surface area contributed by atoms with Gasteiger partial charge in [-0.3, -0.25) is 0 Å². The van der Waals surface area contributed by atoms with Crippen molar-refractivity contribution in [3.05, 3.63) is 35.5 Å². The highest BCUT2D eigenvalue weighted by molar-refractivity contribution is 5.83. The molecule has 0 bridgehead atoms. The fourth-order valence-corrected chi connectivity index (χ4v) is 1.97. The average molecular weight is 202 g/mol. The molecule has 80 valence electrons. The first-order valence-corrected chi connectivity index (χ1v) is 5.55. The number of nitrogens with one attached hydrogen (secondary N) is 1. The predicted molar refractivity (Wildman–Crippen MR) is 65.0 cm³/mol. The molecule has 0 saturated heterocycles. The van der Waals surface area contributed by atoms with Crippen LogP contribution < -0.4 is 5.73 Å². The maximum Gasteiger partial charge on any atom is 0.0459 e. The fraction of sp³-hybridized carbons (Fsp3) is 0.385. The van der Waals surface area contributed by atoms with Crippen molar-refractivity contribution in [3.8, 4) is 0 Å². The Balaban J connectivity index is 2.43. The first-order valence-electron chi connectivity index (χ1n) is 5.55. The molecule has 0 aliphatic heterocycles. The first kappa shape index (κ1) is 10.2. The smallest absolute Gasteiger partial charge is 0.0459 e. The lowest BCUT2D eigenvalue weighted by Crippen LogP contribution is -2.17. The Hall–Kier alpha value is -1.28. The fourth-order valence-electron chi connectivity index (χ4n) is 1.97. The number of benzene rings is 1. The molecule has 1 heterocycles. The van der Waals surface area contributed by atoms with Crippen LogP contribution in [0.15, 0.2) is 24.4 Å². The third-order valence-electron chi connectivity index (χ3n) is 2.78. The van der Waals surface area contributed by atoms with E-state index < -0.39 is 0 Å². The van der Waals surface area contributed by atoms with Crippen LogP contribution in [0.2, 0.25) is 0 Å². The van der Waals surface area contributed by atoms with E-state index in [-0.39, 0.29) is 6.04 Å². The summed E-state index contributed by atoms with van der Waals surface area (Å²) in [6.45, 7) is 4.21. The van der Waals surface area contributed by atoms with E-state index in [0.717, 1.165) is 12.8 Å². The molecule has 1 aromatic carbocycles. The average Bonchev–Trinajstić information content (AvgIpc) is 2.60. The number of aryl methyl sites for hydroxylation is 1. The summed E-state index contributed by atoms with van der Waals surface area (Å²) in [6, 6.07) is 6.83. The number of hydrogen-bond donors (Lipinski definition) is 2. The minimum Gasteiger partial charge on any atom is -0.361 e. The minimum absolute atomic E-state index is 0.217. The largest absolute Gasteiger partial charge is 0.361 e. The number of fused-ring (bicyclic) bond motifs is 1. The van der Waals surface area contributed by atoms with Gasteiger partial charge in [0.05, 0.1) is 0 Å². The summed E-state index contributed by atoms with van der Waals surface area (Å²) in [5.41, 5.74) is 9.74. The van der Waals surface area contributed by atoms with Crippen LogP contribution in [-0.2, 0) is 12.8 Å². The Morgan fingerprint density at radius 2 is 2.20 bits per heavy atom. The predicted octanol–water partition coefficient (Wildman–Crippen LogP) is 2.62. The van der Waals surface area contributed by atoms with E-state index >= 15 is 0 Å². The van der Waals surface area contributed by atoms with E-state index in [0.29, 0.717) is 0 Å². The van der Waals surface area contributed by atoms with Gasteiger partial charge in [-0.2, -0.15) is 0 Å². The van der Waals surface area contributed by atoms with E-state index in [4.69, 9.17) is 5.73 Å². The van der Waals surface area contributed by atoms with Crippen LogP contribution in [0.1, 0.15) is 25.0 Å². The Labute approximate surface area is 90.5 Å². The maximum absolute atomic E-state index is 5.82. The third kappa shape index (κ3) is 2.05. The molecule has 1 aromatic heterocycles. The van der Waals surface area contributed by atoms with Crippen molar-refractivity contribution < 1.29 is 0 Å². The van der Waals surface area contributed by atoms with E-state index in [1.807, 2.05) is 6.92 Å². The summed E-state index contributed by atoms with van der Waals surface area (Å²) in [5, 5.41) is 1.31. The lowest BCUT2D eigenvalue weighted by atomic mass is 10.0. The number of aromatic amines is 1. The van der Waals surface area contributed by atoms with Gasteiger partial charge in [0.25, 0.3) is 0 Å². The number of H-pyrrole nitrogens is 1. The SMILES string of the molecule is CCc1ccc2c(CC(C)N)c[nH]c2c1. The summed E-state index contributed by atoms with van der Waals surface area (Å²) < 4.78 is 0. The van der Waals surface area contributed by atoms with Gasteiger partial charge in [0.15, 0.2) is 0 Å². The van der Waals surface area contributed by atoms with Crippen molar-refractivity contribution in [3.63, 3.8) is 0 Å².